The van der Waals surface area contributed by atoms with E-state index in [1.165, 1.54) is 6.07 Å². The highest BCUT2D eigenvalue weighted by atomic mass is 16.5. The van der Waals surface area contributed by atoms with E-state index in [1.807, 2.05) is 110 Å². The lowest BCUT2D eigenvalue weighted by molar-refractivity contribution is -0.120. The molecular formula is C42H46N4O6. The molecule has 0 aliphatic heterocycles. The van der Waals surface area contributed by atoms with Crippen LogP contribution in [-0.4, -0.2) is 39.8 Å². The van der Waals surface area contributed by atoms with Gasteiger partial charge in [-0.1, -0.05) is 84.9 Å². The van der Waals surface area contributed by atoms with Gasteiger partial charge in [-0.15, -0.1) is 0 Å². The van der Waals surface area contributed by atoms with E-state index < -0.39 is 6.10 Å². The Labute approximate surface area is 304 Å². The Morgan fingerprint density at radius 2 is 1.31 bits per heavy atom. The topological polar surface area (TPSA) is 152 Å². The van der Waals surface area contributed by atoms with E-state index >= 15 is 0 Å². The molecule has 2 atom stereocenters. The Kier molecular flexibility index (Phi) is 13.8. The van der Waals surface area contributed by atoms with E-state index in [9.17, 15) is 24.9 Å². The minimum Gasteiger partial charge on any atom is -0.508 e. The normalized spacial score (nSPS) is 12.1. The van der Waals surface area contributed by atoms with E-state index in [2.05, 4.69) is 21.3 Å². The van der Waals surface area contributed by atoms with Gasteiger partial charge in [-0.2, -0.15) is 0 Å². The molecule has 0 unspecified atom stereocenters. The van der Waals surface area contributed by atoms with Gasteiger partial charge in [0.25, 0.3) is 0 Å². The van der Waals surface area contributed by atoms with E-state index in [0.717, 1.165) is 33.6 Å². The average Bonchev–Trinajstić information content (AvgIpc) is 3.16. The molecule has 270 valence electrons. The molecule has 0 aliphatic rings. The van der Waals surface area contributed by atoms with Crippen LogP contribution in [0.25, 0.3) is 0 Å². The number of carbonyl (C=O) groups is 2. The second-order valence-electron chi connectivity index (χ2n) is 12.8. The quantitative estimate of drug-likeness (QED) is 0.0648. The Hall–Kier alpha value is -5.68. The number of para-hydroxylation sites is 1. The third-order valence-electron chi connectivity index (χ3n) is 8.51. The summed E-state index contributed by atoms with van der Waals surface area (Å²) in [6.45, 7) is 3.16. The van der Waals surface area contributed by atoms with E-state index in [4.69, 9.17) is 4.74 Å². The molecule has 0 radical (unpaired) electrons. The van der Waals surface area contributed by atoms with E-state index in [-0.39, 0.29) is 36.8 Å². The highest BCUT2D eigenvalue weighted by molar-refractivity contribution is 5.78. The maximum Gasteiger partial charge on any atom is 0.315 e. The van der Waals surface area contributed by atoms with Gasteiger partial charge >= 0.3 is 6.03 Å². The first-order valence-electron chi connectivity index (χ1n) is 17.3. The van der Waals surface area contributed by atoms with Crippen molar-refractivity contribution in [1.82, 2.24) is 21.3 Å². The Morgan fingerprint density at radius 1 is 0.673 bits per heavy atom. The molecule has 0 saturated carbocycles. The molecule has 3 amide bonds. The number of nitrogens with one attached hydrogen (secondary N) is 4. The molecule has 10 heteroatoms. The van der Waals surface area contributed by atoms with Crippen LogP contribution in [0.5, 0.6) is 17.2 Å². The summed E-state index contributed by atoms with van der Waals surface area (Å²) < 4.78 is 5.87. The number of hydrogen-bond donors (Lipinski definition) is 7. The Morgan fingerprint density at radius 3 is 2.04 bits per heavy atom. The van der Waals surface area contributed by atoms with Crippen molar-refractivity contribution in [2.75, 3.05) is 6.54 Å². The maximum absolute atomic E-state index is 12.8. The summed E-state index contributed by atoms with van der Waals surface area (Å²) >= 11 is 0. The van der Waals surface area contributed by atoms with Crippen molar-refractivity contribution >= 4 is 11.9 Å². The van der Waals surface area contributed by atoms with E-state index in [0.29, 0.717) is 49.5 Å². The molecule has 0 saturated heterocycles. The summed E-state index contributed by atoms with van der Waals surface area (Å²) in [5.74, 6) is 1.37. The molecule has 0 fully saturated rings. The van der Waals surface area contributed by atoms with Crippen LogP contribution in [-0.2, 0) is 43.9 Å². The average molecular weight is 703 g/mol. The minimum absolute atomic E-state index is 0.000526. The second-order valence-corrected chi connectivity index (χ2v) is 12.8. The molecular weight excluding hydrogens is 656 g/mol. The van der Waals surface area contributed by atoms with Gasteiger partial charge in [-0.3, -0.25) is 4.79 Å². The maximum atomic E-state index is 12.8. The minimum atomic E-state index is -0.787. The molecule has 52 heavy (non-hydrogen) atoms. The van der Waals surface area contributed by atoms with Gasteiger partial charge < -0.3 is 41.3 Å². The van der Waals surface area contributed by atoms with Crippen LogP contribution in [0.3, 0.4) is 0 Å². The SMILES string of the molecule is C[C@H](Cc1cccc(CC(=O)NCc2ccc(CNC(=O)NCc3cccc(Oc4ccccc4)c3)cc2)c1)NC[C@H](O)c1ccc(O)c(CO)c1. The number of aromatic hydroxyl groups is 1. The van der Waals surface area contributed by atoms with Gasteiger partial charge in [0.1, 0.15) is 17.2 Å². The van der Waals surface area contributed by atoms with Crippen LogP contribution < -0.4 is 26.0 Å². The zero-order valence-corrected chi connectivity index (χ0v) is 29.2. The summed E-state index contributed by atoms with van der Waals surface area (Å²) in [5, 5.41) is 41.8. The van der Waals surface area contributed by atoms with Crippen LogP contribution in [0, 0.1) is 0 Å². The van der Waals surface area contributed by atoms with Gasteiger partial charge in [0.05, 0.1) is 19.1 Å². The lowest BCUT2D eigenvalue weighted by atomic mass is 10.0. The third kappa shape index (κ3) is 12.0. The standard InChI is InChI=1S/C42H46N4O6/c1-29(43-27-40(49)35-17-18-39(48)36(23-35)28-47)19-32-7-5-8-33(20-32)22-41(50)44-24-30-13-15-31(16-14-30)25-45-42(51)46-26-34-9-6-12-38(21-34)52-37-10-3-2-4-11-37/h2-18,20-21,23,29,40,43,47-49H,19,22,24-28H2,1H3,(H,44,50)(H2,45,46,51)/t29-,40+/m1/s1. The summed E-state index contributed by atoms with van der Waals surface area (Å²) in [6, 6.07) is 37.3. The van der Waals surface area contributed by atoms with Crippen molar-refractivity contribution < 1.29 is 29.6 Å². The Bertz CT molecular complexity index is 1900. The molecule has 7 N–H and O–H groups in total. The van der Waals surface area contributed by atoms with Crippen molar-refractivity contribution in [3.8, 4) is 17.2 Å². The van der Waals surface area contributed by atoms with Crippen molar-refractivity contribution in [3.05, 3.63) is 160 Å². The van der Waals surface area contributed by atoms with Crippen molar-refractivity contribution in [2.45, 2.75) is 58.2 Å². The highest BCUT2D eigenvalue weighted by Gasteiger charge is 2.13. The molecule has 5 aromatic rings. The van der Waals surface area contributed by atoms with Crippen LogP contribution >= 0.6 is 0 Å². The third-order valence-corrected chi connectivity index (χ3v) is 8.51. The summed E-state index contributed by atoms with van der Waals surface area (Å²) in [4.78, 5) is 25.2. The zero-order valence-electron chi connectivity index (χ0n) is 29.2. The first kappa shape index (κ1) is 37.6. The van der Waals surface area contributed by atoms with Crippen LogP contribution in [0.2, 0.25) is 0 Å². The summed E-state index contributed by atoms with van der Waals surface area (Å²) in [5.41, 5.74) is 5.80. The van der Waals surface area contributed by atoms with Crippen molar-refractivity contribution in [1.29, 1.82) is 0 Å². The molecule has 0 aliphatic carbocycles. The first-order chi connectivity index (χ1) is 25.2. The number of rotatable bonds is 17. The highest BCUT2D eigenvalue weighted by Crippen LogP contribution is 2.23. The smallest absolute Gasteiger partial charge is 0.315 e. The molecule has 0 aromatic heterocycles. The number of carbonyl (C=O) groups excluding carboxylic acids is 2. The Balaban J connectivity index is 0.990. The number of urea groups is 1. The fraction of sp³-hybridized carbons (Fsp3) is 0.238. The number of phenols is 1. The lowest BCUT2D eigenvalue weighted by Gasteiger charge is -2.18. The summed E-state index contributed by atoms with van der Waals surface area (Å²) in [6.07, 6.45) is 0.176. The number of aliphatic hydroxyl groups is 2. The van der Waals surface area contributed by atoms with Gasteiger partial charge in [-0.05, 0) is 83.1 Å². The molecule has 5 aromatic carbocycles. The fourth-order valence-electron chi connectivity index (χ4n) is 5.66. The number of ether oxygens (including phenoxy) is 1. The number of benzene rings is 5. The molecule has 5 rings (SSSR count). The van der Waals surface area contributed by atoms with Gasteiger partial charge in [-0.25, -0.2) is 4.79 Å². The molecule has 10 nitrogen and oxygen atoms in total. The predicted octanol–water partition coefficient (Wildman–Crippen LogP) is 5.79. The number of amides is 3. The molecule has 0 heterocycles. The number of aliphatic hydroxyl groups excluding tert-OH is 2. The van der Waals surface area contributed by atoms with Crippen LogP contribution in [0.1, 0.15) is 52.0 Å². The van der Waals surface area contributed by atoms with Crippen molar-refractivity contribution in [3.63, 3.8) is 0 Å². The predicted molar refractivity (Wildman–Crippen MR) is 201 cm³/mol. The van der Waals surface area contributed by atoms with E-state index in [1.54, 1.807) is 12.1 Å². The zero-order chi connectivity index (χ0) is 36.7. The van der Waals surface area contributed by atoms with Gasteiger partial charge in [0, 0.05) is 37.8 Å². The van der Waals surface area contributed by atoms with Crippen molar-refractivity contribution in [2.24, 2.45) is 0 Å². The largest absolute Gasteiger partial charge is 0.508 e. The second kappa shape index (κ2) is 19.1. The van der Waals surface area contributed by atoms with Gasteiger partial charge in [0.15, 0.2) is 0 Å². The lowest BCUT2D eigenvalue weighted by Crippen LogP contribution is -2.34. The first-order valence-corrected chi connectivity index (χ1v) is 17.3. The van der Waals surface area contributed by atoms with Crippen LogP contribution in [0.15, 0.2) is 121 Å². The molecule has 0 spiro atoms. The number of hydrogen-bond acceptors (Lipinski definition) is 7. The molecule has 0 bridgehead atoms. The fourth-order valence-corrected chi connectivity index (χ4v) is 5.66. The van der Waals surface area contributed by atoms with Crippen LogP contribution in [0.4, 0.5) is 4.79 Å². The monoisotopic (exact) mass is 702 g/mol. The van der Waals surface area contributed by atoms with Gasteiger partial charge in [0.2, 0.25) is 5.91 Å². The summed E-state index contributed by atoms with van der Waals surface area (Å²) in [7, 11) is 0.